The molecular formula is C16H31NO. The summed E-state index contributed by atoms with van der Waals surface area (Å²) < 4.78 is 5.90. The van der Waals surface area contributed by atoms with Crippen molar-refractivity contribution in [2.75, 3.05) is 13.2 Å². The molecule has 2 heteroatoms. The zero-order valence-electron chi connectivity index (χ0n) is 12.6. The number of hydrogen-bond acceptors (Lipinski definition) is 2. The number of ether oxygens (including phenoxy) is 1. The van der Waals surface area contributed by atoms with Gasteiger partial charge in [0.05, 0.1) is 0 Å². The van der Waals surface area contributed by atoms with Gasteiger partial charge in [-0.25, -0.2) is 0 Å². The SMILES string of the molecule is CCCCCCCC(CCC)C1=C(C)NCCO1. The first-order valence-corrected chi connectivity index (χ1v) is 7.87. The predicted octanol–water partition coefficient (Wildman–Crippen LogP) is 4.61. The highest BCUT2D eigenvalue weighted by molar-refractivity contribution is 5.09. The fourth-order valence-electron chi connectivity index (χ4n) is 2.77. The van der Waals surface area contributed by atoms with E-state index in [2.05, 4.69) is 26.1 Å². The van der Waals surface area contributed by atoms with Crippen LogP contribution in [0.3, 0.4) is 0 Å². The molecule has 0 aromatic rings. The Morgan fingerprint density at radius 1 is 1.06 bits per heavy atom. The molecule has 0 aliphatic carbocycles. The Balaban J connectivity index is 2.38. The summed E-state index contributed by atoms with van der Waals surface area (Å²) in [5, 5.41) is 3.44. The topological polar surface area (TPSA) is 21.3 Å². The van der Waals surface area contributed by atoms with E-state index in [1.54, 1.807) is 0 Å². The van der Waals surface area contributed by atoms with Gasteiger partial charge in [-0.15, -0.1) is 0 Å². The molecule has 0 aromatic carbocycles. The van der Waals surface area contributed by atoms with Gasteiger partial charge in [0.25, 0.3) is 0 Å². The smallest absolute Gasteiger partial charge is 0.118 e. The van der Waals surface area contributed by atoms with Gasteiger partial charge >= 0.3 is 0 Å². The largest absolute Gasteiger partial charge is 0.494 e. The average molecular weight is 253 g/mol. The van der Waals surface area contributed by atoms with E-state index in [0.29, 0.717) is 5.92 Å². The van der Waals surface area contributed by atoms with Crippen molar-refractivity contribution in [2.24, 2.45) is 5.92 Å². The molecule has 1 aliphatic rings. The van der Waals surface area contributed by atoms with Crippen LogP contribution in [0.1, 0.15) is 72.1 Å². The van der Waals surface area contributed by atoms with Crippen molar-refractivity contribution in [1.29, 1.82) is 0 Å². The Labute approximate surface area is 113 Å². The molecule has 1 heterocycles. The molecule has 0 fully saturated rings. The monoisotopic (exact) mass is 253 g/mol. The van der Waals surface area contributed by atoms with Crippen molar-refractivity contribution in [3.8, 4) is 0 Å². The summed E-state index contributed by atoms with van der Waals surface area (Å²) in [5.41, 5.74) is 1.27. The van der Waals surface area contributed by atoms with E-state index in [1.807, 2.05) is 0 Å². The highest BCUT2D eigenvalue weighted by Crippen LogP contribution is 2.28. The standard InChI is InChI=1S/C16H31NO/c1-4-6-7-8-9-11-15(10-5-2)16-14(3)17-12-13-18-16/h15,17H,4-13H2,1-3H3. The Morgan fingerprint density at radius 3 is 2.50 bits per heavy atom. The van der Waals surface area contributed by atoms with Crippen molar-refractivity contribution in [3.05, 3.63) is 11.5 Å². The fraction of sp³-hybridized carbons (Fsp3) is 0.875. The van der Waals surface area contributed by atoms with E-state index >= 15 is 0 Å². The van der Waals surface area contributed by atoms with Crippen molar-refractivity contribution >= 4 is 0 Å². The van der Waals surface area contributed by atoms with Gasteiger partial charge < -0.3 is 10.1 Å². The van der Waals surface area contributed by atoms with Crippen LogP contribution < -0.4 is 5.32 Å². The van der Waals surface area contributed by atoms with Crippen LogP contribution in [0, 0.1) is 5.92 Å². The molecule has 0 saturated heterocycles. The highest BCUT2D eigenvalue weighted by Gasteiger charge is 2.20. The lowest BCUT2D eigenvalue weighted by Gasteiger charge is -2.27. The molecule has 1 N–H and O–H groups in total. The minimum atomic E-state index is 0.643. The molecule has 2 nitrogen and oxygen atoms in total. The number of rotatable bonds is 9. The molecule has 1 rings (SSSR count). The third kappa shape index (κ3) is 5.32. The lowest BCUT2D eigenvalue weighted by atomic mass is 9.93. The minimum Gasteiger partial charge on any atom is -0.494 e. The zero-order chi connectivity index (χ0) is 13.2. The Bertz CT molecular complexity index is 247. The van der Waals surface area contributed by atoms with Gasteiger partial charge in [-0.05, 0) is 19.8 Å². The predicted molar refractivity (Wildman–Crippen MR) is 78.4 cm³/mol. The van der Waals surface area contributed by atoms with Crippen LogP contribution in [-0.4, -0.2) is 13.2 Å². The molecule has 1 unspecified atom stereocenters. The van der Waals surface area contributed by atoms with Crippen molar-refractivity contribution in [3.63, 3.8) is 0 Å². The summed E-state index contributed by atoms with van der Waals surface area (Å²) in [5.74, 6) is 1.89. The van der Waals surface area contributed by atoms with E-state index in [-0.39, 0.29) is 0 Å². The number of hydrogen-bond donors (Lipinski definition) is 1. The molecule has 0 radical (unpaired) electrons. The van der Waals surface area contributed by atoms with Gasteiger partial charge in [0, 0.05) is 18.2 Å². The fourth-order valence-corrected chi connectivity index (χ4v) is 2.77. The quantitative estimate of drug-likeness (QED) is 0.606. The first-order valence-electron chi connectivity index (χ1n) is 7.87. The Morgan fingerprint density at radius 2 is 1.83 bits per heavy atom. The molecule has 0 amide bonds. The molecule has 106 valence electrons. The van der Waals surface area contributed by atoms with E-state index in [9.17, 15) is 0 Å². The van der Waals surface area contributed by atoms with Crippen LogP contribution in [0.4, 0.5) is 0 Å². The number of unbranched alkanes of at least 4 members (excludes halogenated alkanes) is 4. The van der Waals surface area contributed by atoms with E-state index in [0.717, 1.165) is 13.2 Å². The van der Waals surface area contributed by atoms with Crippen LogP contribution >= 0.6 is 0 Å². The van der Waals surface area contributed by atoms with Gasteiger partial charge in [-0.1, -0.05) is 52.4 Å². The molecule has 1 aliphatic heterocycles. The molecule has 18 heavy (non-hydrogen) atoms. The van der Waals surface area contributed by atoms with Crippen LogP contribution in [0.25, 0.3) is 0 Å². The third-order valence-corrected chi connectivity index (χ3v) is 3.78. The van der Waals surface area contributed by atoms with Crippen LogP contribution in [0.2, 0.25) is 0 Å². The second-order valence-electron chi connectivity index (χ2n) is 5.45. The molecule has 0 spiro atoms. The number of nitrogens with one attached hydrogen (secondary N) is 1. The Hall–Kier alpha value is -0.660. The van der Waals surface area contributed by atoms with Crippen LogP contribution in [-0.2, 0) is 4.74 Å². The molecule has 0 aromatic heterocycles. The Kier molecular flexibility index (Phi) is 7.95. The zero-order valence-corrected chi connectivity index (χ0v) is 12.6. The summed E-state index contributed by atoms with van der Waals surface area (Å²) in [4.78, 5) is 0. The maximum atomic E-state index is 5.90. The van der Waals surface area contributed by atoms with Crippen LogP contribution in [0.5, 0.6) is 0 Å². The molecule has 0 bridgehead atoms. The van der Waals surface area contributed by atoms with Gasteiger partial charge in [-0.3, -0.25) is 0 Å². The van der Waals surface area contributed by atoms with E-state index in [1.165, 1.54) is 62.8 Å². The van der Waals surface area contributed by atoms with Crippen molar-refractivity contribution in [2.45, 2.75) is 72.1 Å². The normalized spacial score (nSPS) is 17.3. The maximum Gasteiger partial charge on any atom is 0.118 e. The first kappa shape index (κ1) is 15.4. The first-order chi connectivity index (χ1) is 8.79. The van der Waals surface area contributed by atoms with Crippen molar-refractivity contribution in [1.82, 2.24) is 5.32 Å². The molecule has 0 saturated carbocycles. The molecular weight excluding hydrogens is 222 g/mol. The third-order valence-electron chi connectivity index (χ3n) is 3.78. The van der Waals surface area contributed by atoms with Crippen molar-refractivity contribution < 1.29 is 4.74 Å². The van der Waals surface area contributed by atoms with Gasteiger partial charge in [-0.2, -0.15) is 0 Å². The van der Waals surface area contributed by atoms with Crippen LogP contribution in [0.15, 0.2) is 11.5 Å². The van der Waals surface area contributed by atoms with Gasteiger partial charge in [0.1, 0.15) is 12.4 Å². The van der Waals surface area contributed by atoms with Gasteiger partial charge in [0.15, 0.2) is 0 Å². The maximum absolute atomic E-state index is 5.90. The summed E-state index contributed by atoms with van der Waals surface area (Å²) in [6.45, 7) is 8.51. The summed E-state index contributed by atoms with van der Waals surface area (Å²) in [6, 6.07) is 0. The summed E-state index contributed by atoms with van der Waals surface area (Å²) >= 11 is 0. The van der Waals surface area contributed by atoms with E-state index in [4.69, 9.17) is 4.74 Å². The summed E-state index contributed by atoms with van der Waals surface area (Å²) in [6.07, 6.45) is 10.7. The van der Waals surface area contributed by atoms with Gasteiger partial charge in [0.2, 0.25) is 0 Å². The molecule has 1 atom stereocenters. The second kappa shape index (κ2) is 9.29. The average Bonchev–Trinajstić information content (AvgIpc) is 2.38. The summed E-state index contributed by atoms with van der Waals surface area (Å²) in [7, 11) is 0. The lowest BCUT2D eigenvalue weighted by molar-refractivity contribution is 0.148. The number of allylic oxidation sites excluding steroid dienone is 2. The highest BCUT2D eigenvalue weighted by atomic mass is 16.5. The minimum absolute atomic E-state index is 0.643. The second-order valence-corrected chi connectivity index (χ2v) is 5.45. The lowest BCUT2D eigenvalue weighted by Crippen LogP contribution is -2.28. The van der Waals surface area contributed by atoms with E-state index < -0.39 is 0 Å².